The van der Waals surface area contributed by atoms with Gasteiger partial charge in [0.05, 0.1) is 23.3 Å². The molecule has 0 saturated heterocycles. The van der Waals surface area contributed by atoms with Gasteiger partial charge in [0.1, 0.15) is 11.9 Å². The zero-order chi connectivity index (χ0) is 21.4. The lowest BCUT2D eigenvalue weighted by Crippen LogP contribution is -2.20. The van der Waals surface area contributed by atoms with Crippen LogP contribution in [0.25, 0.3) is 0 Å². The first kappa shape index (κ1) is 22.8. The molecule has 2 aromatic rings. The number of anilines is 1. The molecule has 0 radical (unpaired) electrons. The summed E-state index contributed by atoms with van der Waals surface area (Å²) in [5.41, 5.74) is -0.129. The summed E-state index contributed by atoms with van der Waals surface area (Å²) in [7, 11) is 3.43. The second-order valence-electron chi connectivity index (χ2n) is 5.66. The lowest BCUT2D eigenvalue weighted by molar-refractivity contribution is -0.137. The van der Waals surface area contributed by atoms with E-state index in [0.717, 1.165) is 11.8 Å². The molecule has 3 nitrogen and oxygen atoms in total. The van der Waals surface area contributed by atoms with Crippen LogP contribution in [0.1, 0.15) is 5.56 Å². The number of nitriles is 1. The number of methoxy groups -OCH3 is 1. The van der Waals surface area contributed by atoms with Crippen molar-refractivity contribution < 1.29 is 22.3 Å². The molecule has 0 heterocycles. The van der Waals surface area contributed by atoms with E-state index in [1.807, 2.05) is 18.0 Å². The van der Waals surface area contributed by atoms with Crippen molar-refractivity contribution in [2.75, 3.05) is 31.4 Å². The first-order chi connectivity index (χ1) is 13.8. The minimum atomic E-state index is -4.58. The van der Waals surface area contributed by atoms with E-state index < -0.39 is 17.6 Å². The molecule has 0 spiro atoms. The molecule has 0 aliphatic rings. The fraction of sp³-hybridized carbons (Fsp3) is 0.250. The van der Waals surface area contributed by atoms with Gasteiger partial charge in [0.15, 0.2) is 5.75 Å². The lowest BCUT2D eigenvalue weighted by Gasteiger charge is -2.20. The molecule has 0 unspecified atom stereocenters. The van der Waals surface area contributed by atoms with Gasteiger partial charge in [-0.3, -0.25) is 0 Å². The summed E-state index contributed by atoms with van der Waals surface area (Å²) < 4.78 is 57.5. The van der Waals surface area contributed by atoms with Crippen molar-refractivity contribution in [2.24, 2.45) is 0 Å². The number of alkyl halides is 3. The van der Waals surface area contributed by atoms with E-state index in [2.05, 4.69) is 12.1 Å². The van der Waals surface area contributed by atoms with Crippen LogP contribution in [0.4, 0.5) is 23.2 Å². The van der Waals surface area contributed by atoms with Crippen LogP contribution in [0.2, 0.25) is 0 Å². The van der Waals surface area contributed by atoms with Crippen molar-refractivity contribution in [3.05, 3.63) is 64.2 Å². The van der Waals surface area contributed by atoms with Crippen LogP contribution >= 0.6 is 23.5 Å². The second-order valence-corrected chi connectivity index (χ2v) is 7.72. The highest BCUT2D eigenvalue weighted by Gasteiger charge is 2.31. The monoisotopic (exact) mass is 440 g/mol. The second kappa shape index (κ2) is 10.3. The number of thioether (sulfide) groups is 2. The fourth-order valence-electron chi connectivity index (χ4n) is 2.22. The predicted octanol–water partition coefficient (Wildman–Crippen LogP) is 5.78. The Kier molecular flexibility index (Phi) is 8.12. The van der Waals surface area contributed by atoms with E-state index in [-0.39, 0.29) is 9.80 Å². The predicted molar refractivity (Wildman–Crippen MR) is 107 cm³/mol. The molecule has 0 N–H and O–H groups in total. The minimum absolute atomic E-state index is 0.108. The molecule has 0 bridgehead atoms. The maximum atomic E-state index is 13.9. The maximum absolute atomic E-state index is 13.9. The lowest BCUT2D eigenvalue weighted by atomic mass is 10.2. The Hall–Kier alpha value is -2.49. The molecule has 0 aliphatic carbocycles. The average Bonchev–Trinajstić information content (AvgIpc) is 2.70. The summed E-state index contributed by atoms with van der Waals surface area (Å²) in [6.07, 6.45) is -4.58. The maximum Gasteiger partial charge on any atom is 0.416 e. The fourth-order valence-corrected chi connectivity index (χ4v) is 3.95. The Morgan fingerprint density at radius 2 is 2.03 bits per heavy atom. The van der Waals surface area contributed by atoms with Crippen molar-refractivity contribution in [3.63, 3.8) is 0 Å². The molecular formula is C20H16F4N2OS2. The highest BCUT2D eigenvalue weighted by atomic mass is 32.2. The minimum Gasteiger partial charge on any atom is -0.494 e. The van der Waals surface area contributed by atoms with Crippen LogP contribution in [0.3, 0.4) is 0 Å². The molecule has 0 aliphatic heterocycles. The van der Waals surface area contributed by atoms with Crippen LogP contribution < -0.4 is 9.64 Å². The van der Waals surface area contributed by atoms with E-state index in [1.54, 1.807) is 19.2 Å². The third-order valence-corrected chi connectivity index (χ3v) is 5.63. The third kappa shape index (κ3) is 6.52. The van der Waals surface area contributed by atoms with Crippen molar-refractivity contribution in [1.29, 1.82) is 5.26 Å². The third-order valence-electron chi connectivity index (χ3n) is 3.70. The normalized spacial score (nSPS) is 11.6. The standard InChI is InChI=1S/C20H16F4N2OS2/c1-26(17-5-3-4-6-18(17)27-2)9-10-28-13-15(12-25)29-19-11-14(20(22,23)24)7-8-16(19)21/h5-8,11,13H,9-10H2,1-2H3/b15-13-. The quantitative estimate of drug-likeness (QED) is 0.225. The first-order valence-electron chi connectivity index (χ1n) is 8.19. The van der Waals surface area contributed by atoms with Gasteiger partial charge in [-0.05, 0) is 23.6 Å². The number of halogens is 4. The number of nitrogens with zero attached hydrogens (tertiary/aromatic N) is 2. The summed E-state index contributed by atoms with van der Waals surface area (Å²) in [4.78, 5) is 1.80. The number of hydrogen-bond acceptors (Lipinski definition) is 5. The summed E-state index contributed by atoms with van der Waals surface area (Å²) in [6, 6.07) is 13.1. The number of allylic oxidation sites excluding steroid dienone is 1. The summed E-state index contributed by atoms with van der Waals surface area (Å²) >= 11 is 1.98. The average molecular weight is 440 g/mol. The van der Waals surface area contributed by atoms with Crippen molar-refractivity contribution in [3.8, 4) is 11.8 Å². The van der Waals surface area contributed by atoms with E-state index in [4.69, 9.17) is 4.74 Å². The molecule has 0 amide bonds. The van der Waals surface area contributed by atoms with Crippen LogP contribution in [-0.4, -0.2) is 26.5 Å². The Morgan fingerprint density at radius 3 is 2.69 bits per heavy atom. The zero-order valence-corrected chi connectivity index (χ0v) is 17.1. The smallest absolute Gasteiger partial charge is 0.416 e. The van der Waals surface area contributed by atoms with E-state index >= 15 is 0 Å². The van der Waals surface area contributed by atoms with Crippen LogP contribution in [0.15, 0.2) is 45.5 Å². The summed E-state index contributed by atoms with van der Waals surface area (Å²) in [5, 5.41) is 10.7. The van der Waals surface area contributed by atoms with E-state index in [0.29, 0.717) is 41.9 Å². The van der Waals surface area contributed by atoms with Crippen LogP contribution in [0, 0.1) is 29.3 Å². The number of hydrogen-bond donors (Lipinski definition) is 0. The van der Waals surface area contributed by atoms with Gasteiger partial charge in [0.2, 0.25) is 0 Å². The molecule has 152 valence electrons. The Morgan fingerprint density at radius 1 is 1.31 bits per heavy atom. The topological polar surface area (TPSA) is 36.3 Å². The van der Waals surface area contributed by atoms with Crippen molar-refractivity contribution in [2.45, 2.75) is 11.1 Å². The van der Waals surface area contributed by atoms with Gasteiger partial charge in [-0.15, -0.1) is 11.8 Å². The molecular weight excluding hydrogens is 424 g/mol. The SMILES string of the molecule is COc1cc#ccc1N(C)CCS/C=C(/C#N)Sc1cc(C(F)(F)F)ccc1F. The van der Waals surface area contributed by atoms with Gasteiger partial charge >= 0.3 is 6.18 Å². The molecule has 9 heteroatoms. The summed E-state index contributed by atoms with van der Waals surface area (Å²) in [5.74, 6) is 0.438. The van der Waals surface area contributed by atoms with Gasteiger partial charge < -0.3 is 9.64 Å². The Labute approximate surface area is 175 Å². The van der Waals surface area contributed by atoms with Crippen molar-refractivity contribution >= 4 is 29.2 Å². The first-order valence-corrected chi connectivity index (χ1v) is 10.1. The van der Waals surface area contributed by atoms with Gasteiger partial charge in [0, 0.05) is 36.4 Å². The molecule has 0 saturated carbocycles. The van der Waals surface area contributed by atoms with Gasteiger partial charge in [-0.25, -0.2) is 4.39 Å². The van der Waals surface area contributed by atoms with Crippen LogP contribution in [0.5, 0.6) is 5.75 Å². The molecule has 0 aromatic heterocycles. The number of benzene rings is 1. The van der Waals surface area contributed by atoms with E-state index in [9.17, 15) is 22.8 Å². The highest BCUT2D eigenvalue weighted by molar-refractivity contribution is 8.06. The largest absolute Gasteiger partial charge is 0.494 e. The van der Waals surface area contributed by atoms with Gasteiger partial charge in [-0.2, -0.15) is 18.4 Å². The summed E-state index contributed by atoms with van der Waals surface area (Å²) in [6.45, 7) is 0.608. The molecule has 0 fully saturated rings. The molecule has 0 atom stereocenters. The van der Waals surface area contributed by atoms with Gasteiger partial charge in [0.25, 0.3) is 0 Å². The Balaban J connectivity index is 1.98. The highest BCUT2D eigenvalue weighted by Crippen LogP contribution is 2.36. The van der Waals surface area contributed by atoms with Crippen molar-refractivity contribution in [1.82, 2.24) is 0 Å². The Bertz CT molecular complexity index is 910. The molecule has 29 heavy (non-hydrogen) atoms. The van der Waals surface area contributed by atoms with Crippen LogP contribution in [-0.2, 0) is 6.18 Å². The number of ether oxygens (including phenoxy) is 1. The number of rotatable bonds is 8. The zero-order valence-electron chi connectivity index (χ0n) is 15.5. The van der Waals surface area contributed by atoms with E-state index in [1.165, 1.54) is 17.2 Å². The van der Waals surface area contributed by atoms with Gasteiger partial charge in [-0.1, -0.05) is 23.9 Å². The molecule has 2 aromatic carbocycles. The molecule has 2 rings (SSSR count).